The molecule has 1 aliphatic heterocycles. The van der Waals surface area contributed by atoms with Crippen molar-refractivity contribution in [2.75, 3.05) is 26.1 Å². The van der Waals surface area contributed by atoms with Gasteiger partial charge in [-0.1, -0.05) is 44.2 Å². The van der Waals surface area contributed by atoms with E-state index in [1.807, 2.05) is 19.9 Å². The lowest BCUT2D eigenvalue weighted by atomic mass is 9.96. The third-order valence-electron chi connectivity index (χ3n) is 7.27. The van der Waals surface area contributed by atoms with Crippen LogP contribution in [-0.2, 0) is 44.0 Å². The zero-order chi connectivity index (χ0) is 35.2. The van der Waals surface area contributed by atoms with Crippen molar-refractivity contribution in [2.24, 2.45) is 5.92 Å². The highest BCUT2D eigenvalue weighted by atomic mass is 31.2. The summed E-state index contributed by atoms with van der Waals surface area (Å²) in [6, 6.07) is 7.76. The largest absolute Gasteiger partial charge is 0.479 e. The van der Waals surface area contributed by atoms with E-state index in [2.05, 4.69) is 20.0 Å². The van der Waals surface area contributed by atoms with Crippen LogP contribution in [0.25, 0.3) is 11.2 Å². The van der Waals surface area contributed by atoms with Crippen LogP contribution in [0.5, 0.6) is 5.88 Å². The summed E-state index contributed by atoms with van der Waals surface area (Å²) in [6.07, 6.45) is -3.14. The number of methoxy groups -OCH3 is 1. The van der Waals surface area contributed by atoms with Crippen LogP contribution in [0.1, 0.15) is 52.8 Å². The molecule has 5 N–H and O–H groups in total. The predicted molar refractivity (Wildman–Crippen MR) is 170 cm³/mol. The van der Waals surface area contributed by atoms with Gasteiger partial charge in [-0.05, 0) is 38.7 Å². The molecule has 3 aromatic rings. The molecule has 48 heavy (non-hydrogen) atoms. The van der Waals surface area contributed by atoms with E-state index in [9.17, 15) is 24.4 Å². The summed E-state index contributed by atoms with van der Waals surface area (Å²) in [4.78, 5) is 37.9. The Balaban J connectivity index is 1.54. The number of aliphatic hydroxyl groups excluding tert-OH is 1. The number of aliphatic hydroxyl groups is 2. The molecule has 2 aromatic heterocycles. The Kier molecular flexibility index (Phi) is 12.1. The van der Waals surface area contributed by atoms with E-state index in [4.69, 9.17) is 33.7 Å². The normalized spacial score (nSPS) is 22.9. The number of hydrogen-bond acceptors (Lipinski definition) is 15. The summed E-state index contributed by atoms with van der Waals surface area (Å²) < 4.78 is 48.5. The Hall–Kier alpha value is -3.70. The standard InChI is InChI=1S/C30H43N6O11P/c1-17(2)12-20(27(39)46-18(3)4)35-48(41,45-15-22(37)43-13-19-10-8-7-9-11-19)44-14-21-24(38)30(5,40)28(47-21)36-16-32-23-25(36)33-29(31)34-26(23)42-6/h7-11,16-18,20-21,24,28,38,40H,12-15H2,1-6H3,(H,35,41)(H2,31,33,34)/t20-,21+,24+,28+,30+,48?/m0/s1. The van der Waals surface area contributed by atoms with Gasteiger partial charge in [0, 0.05) is 0 Å². The molecular formula is C30H43N6O11P. The maximum absolute atomic E-state index is 14.2. The lowest BCUT2D eigenvalue weighted by Gasteiger charge is -2.28. The van der Waals surface area contributed by atoms with E-state index in [-0.39, 0.29) is 41.9 Å². The number of nitrogens with two attached hydrogens (primary N) is 1. The molecule has 1 aliphatic rings. The third kappa shape index (κ3) is 9.05. The number of benzene rings is 1. The number of aromatic nitrogens is 4. The van der Waals surface area contributed by atoms with Crippen LogP contribution in [0.4, 0.5) is 5.95 Å². The zero-order valence-corrected chi connectivity index (χ0v) is 28.5. The van der Waals surface area contributed by atoms with Crippen molar-refractivity contribution in [2.45, 2.75) is 83.8 Å². The minimum absolute atomic E-state index is 0.0520. The number of anilines is 1. The van der Waals surface area contributed by atoms with Crippen molar-refractivity contribution in [3.63, 3.8) is 0 Å². The van der Waals surface area contributed by atoms with Crippen LogP contribution in [0.3, 0.4) is 0 Å². The lowest BCUT2D eigenvalue weighted by Crippen LogP contribution is -2.44. The lowest BCUT2D eigenvalue weighted by molar-refractivity contribution is -0.150. The van der Waals surface area contributed by atoms with E-state index in [1.165, 1.54) is 24.9 Å². The van der Waals surface area contributed by atoms with Gasteiger partial charge >= 0.3 is 19.7 Å². The summed E-state index contributed by atoms with van der Waals surface area (Å²) in [5.74, 6) is -1.64. The number of fused-ring (bicyclic) bond motifs is 1. The molecule has 1 aromatic carbocycles. The summed E-state index contributed by atoms with van der Waals surface area (Å²) in [5.41, 5.74) is 4.99. The number of nitrogens with zero attached hydrogens (tertiary/aromatic N) is 4. The zero-order valence-electron chi connectivity index (χ0n) is 27.6. The number of rotatable bonds is 16. The van der Waals surface area contributed by atoms with E-state index in [0.717, 1.165) is 5.56 Å². The van der Waals surface area contributed by atoms with Crippen LogP contribution in [0.2, 0.25) is 0 Å². The van der Waals surface area contributed by atoms with Crippen LogP contribution in [0, 0.1) is 5.92 Å². The number of imidazole rings is 1. The highest BCUT2D eigenvalue weighted by Gasteiger charge is 2.54. The molecule has 3 heterocycles. The van der Waals surface area contributed by atoms with Gasteiger partial charge in [0.05, 0.1) is 26.1 Å². The maximum Gasteiger partial charge on any atom is 0.406 e. The SMILES string of the molecule is COc1nc(N)nc2c1ncn2[C@@H]1O[C@H](COP(=O)(N[C@@H](CC(C)C)C(=O)OC(C)C)OCC(=O)OCc2ccccc2)[C@@H](O)[C@@]1(C)O. The van der Waals surface area contributed by atoms with Gasteiger partial charge in [0.25, 0.3) is 0 Å². The summed E-state index contributed by atoms with van der Waals surface area (Å²) in [6.45, 7) is 6.89. The monoisotopic (exact) mass is 694 g/mol. The molecule has 264 valence electrons. The van der Waals surface area contributed by atoms with Crippen molar-refractivity contribution in [1.82, 2.24) is 24.6 Å². The number of carbonyl (C=O) groups is 2. The average Bonchev–Trinajstić information content (AvgIpc) is 3.54. The Labute approximate surface area is 277 Å². The number of nitrogen functional groups attached to an aromatic ring is 1. The van der Waals surface area contributed by atoms with Gasteiger partial charge in [-0.15, -0.1) is 0 Å². The summed E-state index contributed by atoms with van der Waals surface area (Å²) >= 11 is 0. The van der Waals surface area contributed by atoms with Gasteiger partial charge in [0.2, 0.25) is 11.8 Å². The average molecular weight is 695 g/mol. The molecule has 0 radical (unpaired) electrons. The van der Waals surface area contributed by atoms with E-state index in [0.29, 0.717) is 0 Å². The number of ether oxygens (including phenoxy) is 4. The fourth-order valence-corrected chi connectivity index (χ4v) is 6.41. The Morgan fingerprint density at radius 1 is 1.17 bits per heavy atom. The van der Waals surface area contributed by atoms with Gasteiger partial charge in [-0.2, -0.15) is 9.97 Å². The number of carbonyl (C=O) groups excluding carboxylic acids is 2. The molecule has 0 amide bonds. The van der Waals surface area contributed by atoms with Crippen molar-refractivity contribution in [1.29, 1.82) is 0 Å². The highest BCUT2D eigenvalue weighted by Crippen LogP contribution is 2.47. The molecule has 18 heteroatoms. The first-order chi connectivity index (χ1) is 22.6. The molecule has 4 rings (SSSR count). The highest BCUT2D eigenvalue weighted by molar-refractivity contribution is 7.51. The fraction of sp³-hybridized carbons (Fsp3) is 0.567. The van der Waals surface area contributed by atoms with Gasteiger partial charge in [0.1, 0.15) is 30.5 Å². The van der Waals surface area contributed by atoms with Gasteiger partial charge in [-0.3, -0.25) is 18.4 Å². The molecule has 0 bridgehead atoms. The molecule has 1 unspecified atom stereocenters. The van der Waals surface area contributed by atoms with Gasteiger partial charge in [-0.25, -0.2) is 19.4 Å². The summed E-state index contributed by atoms with van der Waals surface area (Å²) in [7, 11) is -3.15. The Morgan fingerprint density at radius 3 is 2.52 bits per heavy atom. The molecule has 0 saturated carbocycles. The molecule has 6 atom stereocenters. The van der Waals surface area contributed by atoms with Gasteiger partial charge < -0.3 is 34.9 Å². The van der Waals surface area contributed by atoms with E-state index in [1.54, 1.807) is 38.1 Å². The molecule has 1 fully saturated rings. The van der Waals surface area contributed by atoms with Crippen molar-refractivity contribution in [3.05, 3.63) is 42.2 Å². The minimum Gasteiger partial charge on any atom is -0.479 e. The summed E-state index contributed by atoms with van der Waals surface area (Å²) in [5, 5.41) is 25.1. The molecule has 0 spiro atoms. The van der Waals surface area contributed by atoms with E-state index < -0.39 is 69.1 Å². The first kappa shape index (κ1) is 37.1. The fourth-order valence-electron chi connectivity index (χ4n) is 4.98. The smallest absolute Gasteiger partial charge is 0.406 e. The van der Waals surface area contributed by atoms with Crippen molar-refractivity contribution >= 4 is 36.8 Å². The van der Waals surface area contributed by atoms with Crippen LogP contribution in [0.15, 0.2) is 36.7 Å². The first-order valence-corrected chi connectivity index (χ1v) is 16.8. The quantitative estimate of drug-likeness (QED) is 0.124. The topological polar surface area (TPSA) is 229 Å². The third-order valence-corrected chi connectivity index (χ3v) is 8.85. The second-order valence-electron chi connectivity index (χ2n) is 12.1. The first-order valence-electron chi connectivity index (χ1n) is 15.3. The van der Waals surface area contributed by atoms with Crippen LogP contribution < -0.4 is 15.6 Å². The molecular weight excluding hydrogens is 651 g/mol. The van der Waals surface area contributed by atoms with Crippen molar-refractivity contribution < 1.29 is 52.4 Å². The predicted octanol–water partition coefficient (Wildman–Crippen LogP) is 2.27. The Morgan fingerprint density at radius 2 is 1.88 bits per heavy atom. The van der Waals surface area contributed by atoms with E-state index >= 15 is 0 Å². The second-order valence-corrected chi connectivity index (χ2v) is 13.9. The number of esters is 2. The minimum atomic E-state index is -4.53. The second kappa shape index (κ2) is 15.7. The molecule has 0 aliphatic carbocycles. The van der Waals surface area contributed by atoms with Crippen LogP contribution >= 0.6 is 7.75 Å². The Bertz CT molecular complexity index is 1600. The van der Waals surface area contributed by atoms with Crippen molar-refractivity contribution in [3.8, 4) is 5.88 Å². The molecule has 1 saturated heterocycles. The van der Waals surface area contributed by atoms with Gasteiger partial charge in [0.15, 0.2) is 24.0 Å². The van der Waals surface area contributed by atoms with Crippen LogP contribution in [-0.4, -0.2) is 91.9 Å². The number of hydrogen-bond donors (Lipinski definition) is 4. The maximum atomic E-state index is 14.2. The number of nitrogens with one attached hydrogen (secondary N) is 1. The molecule has 17 nitrogen and oxygen atoms in total.